The molecule has 0 heterocycles. The van der Waals surface area contributed by atoms with E-state index in [0.717, 1.165) is 25.7 Å². The molecule has 4 saturated carbocycles. The molecule has 5 aliphatic carbocycles. The van der Waals surface area contributed by atoms with Crippen LogP contribution in [0.3, 0.4) is 0 Å². The summed E-state index contributed by atoms with van der Waals surface area (Å²) in [5.41, 5.74) is 0.420. The number of hydrogen-bond acceptors (Lipinski definition) is 2. The van der Waals surface area contributed by atoms with Gasteiger partial charge in [0, 0.05) is 11.8 Å². The summed E-state index contributed by atoms with van der Waals surface area (Å²) in [5, 5.41) is 10.4. The molecule has 1 N–H and O–H groups in total. The second-order valence-corrected chi connectivity index (χ2v) is 9.67. The van der Waals surface area contributed by atoms with Gasteiger partial charge in [0.05, 0.1) is 0 Å². The lowest BCUT2D eigenvalue weighted by molar-refractivity contribution is -0.126. The number of aliphatic hydroxyl groups is 1. The van der Waals surface area contributed by atoms with Crippen LogP contribution in [0, 0.1) is 40.9 Å². The monoisotopic (exact) mass is 332 g/mol. The van der Waals surface area contributed by atoms with Gasteiger partial charge in [0.2, 0.25) is 0 Å². The molecule has 3 heteroatoms. The largest absolute Gasteiger partial charge is 0.386 e. The molecule has 132 valence electrons. The van der Waals surface area contributed by atoms with Crippen molar-refractivity contribution in [2.75, 3.05) is 0 Å². The second kappa shape index (κ2) is 4.72. The fraction of sp³-hybridized carbons (Fsp3) is 0.857. The van der Waals surface area contributed by atoms with E-state index in [1.807, 2.05) is 0 Å². The van der Waals surface area contributed by atoms with Gasteiger partial charge >= 0.3 is 0 Å². The number of hydrogen-bond donors (Lipinski definition) is 1. The van der Waals surface area contributed by atoms with Crippen LogP contribution in [0.1, 0.15) is 58.8 Å². The minimum Gasteiger partial charge on any atom is -0.386 e. The summed E-state index contributed by atoms with van der Waals surface area (Å²) < 4.78 is 14.1. The molecule has 0 bridgehead atoms. The highest BCUT2D eigenvalue weighted by atomic mass is 19.1. The number of Topliss-reactive ketones (excluding diaryl/α,β-unsaturated/α-hetero) is 1. The maximum atomic E-state index is 14.1. The van der Waals surface area contributed by atoms with Crippen molar-refractivity contribution in [2.45, 2.75) is 70.6 Å². The third kappa shape index (κ3) is 1.73. The standard InChI is InChI=1S/C21H29FO2/c1-11(23)16-5-6-17-14-3-4-15-13(12(14)7-9-20(16,17)2)8-10-21(24)18(15)19(21)22/h4,12-14,16-19,24H,3,5-10H2,1-2H3/t12-,13-,14-,16-,17+,18?,19?,20-,21-/m1/s1. The molecular weight excluding hydrogens is 303 g/mol. The van der Waals surface area contributed by atoms with Crippen LogP contribution in [0.5, 0.6) is 0 Å². The summed E-state index contributed by atoms with van der Waals surface area (Å²) in [6.07, 6.45) is 8.52. The van der Waals surface area contributed by atoms with Gasteiger partial charge < -0.3 is 5.11 Å². The topological polar surface area (TPSA) is 37.3 Å². The number of carbonyl (C=O) groups excluding carboxylic acids is 1. The molecule has 2 unspecified atom stereocenters. The van der Waals surface area contributed by atoms with E-state index in [4.69, 9.17) is 0 Å². The predicted molar refractivity (Wildman–Crippen MR) is 90.0 cm³/mol. The van der Waals surface area contributed by atoms with Crippen LogP contribution < -0.4 is 0 Å². The summed E-state index contributed by atoms with van der Waals surface area (Å²) in [6.45, 7) is 4.14. The molecule has 0 amide bonds. The fourth-order valence-electron chi connectivity index (χ4n) is 7.75. The van der Waals surface area contributed by atoms with Crippen molar-refractivity contribution in [3.8, 4) is 0 Å². The minimum absolute atomic E-state index is 0.190. The molecule has 24 heavy (non-hydrogen) atoms. The van der Waals surface area contributed by atoms with Gasteiger partial charge in [-0.3, -0.25) is 4.79 Å². The molecule has 0 aromatic heterocycles. The Balaban J connectivity index is 1.45. The first kappa shape index (κ1) is 15.5. The fourth-order valence-corrected chi connectivity index (χ4v) is 7.75. The van der Waals surface area contributed by atoms with Gasteiger partial charge in [0.25, 0.3) is 0 Å². The highest BCUT2D eigenvalue weighted by molar-refractivity contribution is 5.79. The number of alkyl halides is 1. The van der Waals surface area contributed by atoms with Crippen molar-refractivity contribution in [1.82, 2.24) is 0 Å². The summed E-state index contributed by atoms with van der Waals surface area (Å²) in [6, 6.07) is 0. The highest BCUT2D eigenvalue weighted by Crippen LogP contribution is 2.67. The molecule has 2 nitrogen and oxygen atoms in total. The maximum Gasteiger partial charge on any atom is 0.139 e. The van der Waals surface area contributed by atoms with Crippen LogP contribution in [-0.4, -0.2) is 22.7 Å². The highest BCUT2D eigenvalue weighted by Gasteiger charge is 2.70. The Morgan fingerprint density at radius 1 is 1.21 bits per heavy atom. The SMILES string of the molecule is CC(=O)[C@H]1CC[C@H]2[C@@H]3CC=C4C5C(F)[C@@]5(O)CC[C@@H]4[C@H]3CC[C@]12C. The van der Waals surface area contributed by atoms with E-state index >= 15 is 0 Å². The first-order valence-electron chi connectivity index (χ1n) is 9.95. The number of carbonyl (C=O) groups is 1. The molecule has 0 aromatic carbocycles. The second-order valence-electron chi connectivity index (χ2n) is 9.67. The van der Waals surface area contributed by atoms with Crippen LogP contribution in [0.25, 0.3) is 0 Å². The van der Waals surface area contributed by atoms with Gasteiger partial charge in [0.1, 0.15) is 17.6 Å². The van der Waals surface area contributed by atoms with Gasteiger partial charge in [-0.05, 0) is 81.0 Å². The Morgan fingerprint density at radius 3 is 2.75 bits per heavy atom. The summed E-state index contributed by atoms with van der Waals surface area (Å²) >= 11 is 0. The molecule has 9 atom stereocenters. The number of rotatable bonds is 1. The number of ketones is 1. The van der Waals surface area contributed by atoms with Crippen molar-refractivity contribution in [2.24, 2.45) is 40.9 Å². The summed E-state index contributed by atoms with van der Waals surface area (Å²) in [5.74, 6) is 2.92. The predicted octanol–water partition coefficient (Wildman–Crippen LogP) is 4.07. The van der Waals surface area contributed by atoms with E-state index in [9.17, 15) is 14.3 Å². The Labute approximate surface area is 143 Å². The summed E-state index contributed by atoms with van der Waals surface area (Å²) in [4.78, 5) is 12.1. The van der Waals surface area contributed by atoms with Crippen LogP contribution in [0.2, 0.25) is 0 Å². The van der Waals surface area contributed by atoms with Gasteiger partial charge in [-0.15, -0.1) is 0 Å². The van der Waals surface area contributed by atoms with Crippen molar-refractivity contribution < 1.29 is 14.3 Å². The molecule has 5 rings (SSSR count). The third-order valence-electron chi connectivity index (χ3n) is 8.97. The van der Waals surface area contributed by atoms with E-state index in [-0.39, 0.29) is 17.3 Å². The van der Waals surface area contributed by atoms with Gasteiger partial charge in [0.15, 0.2) is 0 Å². The zero-order valence-corrected chi connectivity index (χ0v) is 14.8. The number of allylic oxidation sites excluding steroid dienone is 1. The van der Waals surface area contributed by atoms with E-state index in [0.29, 0.717) is 35.9 Å². The first-order valence-corrected chi connectivity index (χ1v) is 9.95. The van der Waals surface area contributed by atoms with Gasteiger partial charge in [-0.25, -0.2) is 4.39 Å². The minimum atomic E-state index is -1.02. The van der Waals surface area contributed by atoms with Crippen LogP contribution in [-0.2, 0) is 4.79 Å². The van der Waals surface area contributed by atoms with Crippen molar-refractivity contribution in [3.63, 3.8) is 0 Å². The molecular formula is C21H29FO2. The average Bonchev–Trinajstić information content (AvgIpc) is 2.92. The molecule has 0 saturated heterocycles. The van der Waals surface area contributed by atoms with Crippen molar-refractivity contribution in [3.05, 3.63) is 11.6 Å². The lowest BCUT2D eigenvalue weighted by Crippen LogP contribution is -2.47. The van der Waals surface area contributed by atoms with E-state index in [2.05, 4.69) is 13.0 Å². The third-order valence-corrected chi connectivity index (χ3v) is 8.97. The summed E-state index contributed by atoms with van der Waals surface area (Å²) in [7, 11) is 0. The van der Waals surface area contributed by atoms with Crippen molar-refractivity contribution in [1.29, 1.82) is 0 Å². The number of fused-ring (bicyclic) bond motifs is 7. The van der Waals surface area contributed by atoms with Crippen LogP contribution >= 0.6 is 0 Å². The zero-order valence-electron chi connectivity index (χ0n) is 14.8. The Morgan fingerprint density at radius 2 is 2.00 bits per heavy atom. The molecule has 5 aliphatic rings. The Bertz CT molecular complexity index is 627. The average molecular weight is 332 g/mol. The van der Waals surface area contributed by atoms with E-state index in [1.165, 1.54) is 18.4 Å². The quantitative estimate of drug-likeness (QED) is 0.735. The maximum absolute atomic E-state index is 14.1. The van der Waals surface area contributed by atoms with E-state index < -0.39 is 11.8 Å². The van der Waals surface area contributed by atoms with Gasteiger partial charge in [-0.1, -0.05) is 18.6 Å². The van der Waals surface area contributed by atoms with Gasteiger partial charge in [-0.2, -0.15) is 0 Å². The Kier molecular flexibility index (Phi) is 3.06. The first-order chi connectivity index (χ1) is 11.4. The molecule has 0 aromatic rings. The van der Waals surface area contributed by atoms with Crippen LogP contribution in [0.4, 0.5) is 4.39 Å². The van der Waals surface area contributed by atoms with E-state index in [1.54, 1.807) is 6.92 Å². The lowest BCUT2D eigenvalue weighted by Gasteiger charge is -2.53. The molecule has 0 aliphatic heterocycles. The molecule has 4 fully saturated rings. The zero-order chi connectivity index (χ0) is 16.9. The smallest absolute Gasteiger partial charge is 0.139 e. The molecule has 0 radical (unpaired) electrons. The number of halogens is 1. The lowest BCUT2D eigenvalue weighted by atomic mass is 9.51. The Hall–Kier alpha value is -0.700. The van der Waals surface area contributed by atoms with Crippen LogP contribution in [0.15, 0.2) is 11.6 Å². The molecule has 0 spiro atoms. The van der Waals surface area contributed by atoms with Crippen molar-refractivity contribution >= 4 is 5.78 Å². The normalized spacial score (nSPS) is 58.0.